The van der Waals surface area contributed by atoms with E-state index in [0.29, 0.717) is 25.3 Å². The van der Waals surface area contributed by atoms with Crippen LogP contribution in [0.25, 0.3) is 11.3 Å². The molecule has 8 nitrogen and oxygen atoms in total. The molecule has 1 unspecified atom stereocenters. The van der Waals surface area contributed by atoms with Crippen molar-refractivity contribution in [2.75, 3.05) is 18.4 Å². The highest BCUT2D eigenvalue weighted by molar-refractivity contribution is 5.94. The van der Waals surface area contributed by atoms with Crippen LogP contribution in [0.15, 0.2) is 24.5 Å². The first-order chi connectivity index (χ1) is 13.3. The lowest BCUT2D eigenvalue weighted by molar-refractivity contribution is -0.119. The number of hydrogen-bond acceptors (Lipinski definition) is 5. The fourth-order valence-electron chi connectivity index (χ4n) is 3.26. The molecule has 1 aliphatic rings. The van der Waals surface area contributed by atoms with E-state index in [1.54, 1.807) is 17.3 Å². The van der Waals surface area contributed by atoms with Crippen LogP contribution < -0.4 is 5.32 Å². The summed E-state index contributed by atoms with van der Waals surface area (Å²) in [5.41, 5.74) is 2.24. The Labute approximate surface area is 164 Å². The predicted octanol–water partition coefficient (Wildman–Crippen LogP) is 3.23. The predicted molar refractivity (Wildman–Crippen MR) is 106 cm³/mol. The Morgan fingerprint density at radius 3 is 2.68 bits per heavy atom. The van der Waals surface area contributed by atoms with Crippen molar-refractivity contribution in [2.24, 2.45) is 5.92 Å². The number of hydrogen-bond donors (Lipinski definition) is 2. The van der Waals surface area contributed by atoms with Gasteiger partial charge in [0.1, 0.15) is 5.60 Å². The standard InChI is InChI=1S/C20H27N5O3/c1-5-15-16(13-6-9-21-10-7-13)23-24-17(15)22-18(26)14-8-11-25(12-14)19(27)28-20(2,3)4/h6-7,9-10,14H,5,8,11-12H2,1-4H3,(H2,22,23,24,26). The van der Waals surface area contributed by atoms with Gasteiger partial charge in [-0.2, -0.15) is 5.10 Å². The Kier molecular flexibility index (Phi) is 5.67. The average molecular weight is 385 g/mol. The van der Waals surface area contributed by atoms with E-state index >= 15 is 0 Å². The van der Waals surface area contributed by atoms with Crippen LogP contribution in [0.5, 0.6) is 0 Å². The van der Waals surface area contributed by atoms with Gasteiger partial charge in [0.2, 0.25) is 5.91 Å². The largest absolute Gasteiger partial charge is 0.444 e. The first-order valence-corrected chi connectivity index (χ1v) is 9.55. The van der Waals surface area contributed by atoms with Crippen LogP contribution in [0.2, 0.25) is 0 Å². The van der Waals surface area contributed by atoms with Crippen LogP contribution >= 0.6 is 0 Å². The highest BCUT2D eigenvalue weighted by atomic mass is 16.6. The summed E-state index contributed by atoms with van der Waals surface area (Å²) < 4.78 is 5.39. The van der Waals surface area contributed by atoms with Crippen LogP contribution in [0.1, 0.15) is 39.7 Å². The van der Waals surface area contributed by atoms with E-state index in [1.807, 2.05) is 39.8 Å². The summed E-state index contributed by atoms with van der Waals surface area (Å²) in [6, 6.07) is 3.79. The van der Waals surface area contributed by atoms with Crippen molar-refractivity contribution in [1.29, 1.82) is 0 Å². The minimum Gasteiger partial charge on any atom is -0.444 e. The summed E-state index contributed by atoms with van der Waals surface area (Å²) in [4.78, 5) is 30.5. The van der Waals surface area contributed by atoms with Gasteiger partial charge in [0.25, 0.3) is 0 Å². The second-order valence-corrected chi connectivity index (χ2v) is 7.92. The molecule has 3 rings (SSSR count). The Morgan fingerprint density at radius 2 is 2.04 bits per heavy atom. The lowest BCUT2D eigenvalue weighted by atomic mass is 10.1. The van der Waals surface area contributed by atoms with Crippen molar-refractivity contribution in [1.82, 2.24) is 20.1 Å². The summed E-state index contributed by atoms with van der Waals surface area (Å²) in [6.45, 7) is 8.37. The van der Waals surface area contributed by atoms with Gasteiger partial charge < -0.3 is 15.0 Å². The molecule has 150 valence electrons. The van der Waals surface area contributed by atoms with E-state index in [1.165, 1.54) is 0 Å². The molecule has 1 saturated heterocycles. The van der Waals surface area contributed by atoms with E-state index in [0.717, 1.165) is 23.2 Å². The number of likely N-dealkylation sites (tertiary alicyclic amines) is 1. The van der Waals surface area contributed by atoms with Crippen LogP contribution in [0.3, 0.4) is 0 Å². The second kappa shape index (κ2) is 8.00. The van der Waals surface area contributed by atoms with E-state index in [-0.39, 0.29) is 17.9 Å². The van der Waals surface area contributed by atoms with Gasteiger partial charge in [-0.25, -0.2) is 4.79 Å². The second-order valence-electron chi connectivity index (χ2n) is 7.92. The third kappa shape index (κ3) is 4.49. The molecule has 3 heterocycles. The number of aromatic amines is 1. The van der Waals surface area contributed by atoms with Crippen LogP contribution in [0, 0.1) is 5.92 Å². The topological polar surface area (TPSA) is 100 Å². The maximum atomic E-state index is 12.7. The molecule has 8 heteroatoms. The van der Waals surface area contributed by atoms with E-state index in [2.05, 4.69) is 20.5 Å². The van der Waals surface area contributed by atoms with Crippen molar-refractivity contribution >= 4 is 17.8 Å². The molecule has 0 spiro atoms. The van der Waals surface area contributed by atoms with Gasteiger partial charge in [0, 0.05) is 36.6 Å². The first-order valence-electron chi connectivity index (χ1n) is 9.55. The number of amides is 2. The summed E-state index contributed by atoms with van der Waals surface area (Å²) in [6.07, 6.45) is 4.39. The minimum absolute atomic E-state index is 0.131. The molecule has 0 radical (unpaired) electrons. The number of carbonyl (C=O) groups excluding carboxylic acids is 2. The third-order valence-corrected chi connectivity index (χ3v) is 4.64. The highest BCUT2D eigenvalue weighted by Gasteiger charge is 2.34. The van der Waals surface area contributed by atoms with Crippen LogP contribution in [0.4, 0.5) is 10.6 Å². The van der Waals surface area contributed by atoms with Gasteiger partial charge in [-0.15, -0.1) is 0 Å². The summed E-state index contributed by atoms with van der Waals surface area (Å²) in [7, 11) is 0. The Morgan fingerprint density at radius 1 is 1.32 bits per heavy atom. The number of ether oxygens (including phenoxy) is 1. The first kappa shape index (κ1) is 19.9. The smallest absolute Gasteiger partial charge is 0.410 e. The number of anilines is 1. The molecule has 2 amide bonds. The normalized spacial score (nSPS) is 16.9. The van der Waals surface area contributed by atoms with Gasteiger partial charge >= 0.3 is 6.09 Å². The lowest BCUT2D eigenvalue weighted by Crippen LogP contribution is -2.36. The molecule has 0 aromatic carbocycles. The van der Waals surface area contributed by atoms with Gasteiger partial charge in [-0.1, -0.05) is 6.92 Å². The number of aromatic nitrogens is 3. The molecular formula is C20H27N5O3. The van der Waals surface area contributed by atoms with E-state index in [9.17, 15) is 9.59 Å². The average Bonchev–Trinajstić information content (AvgIpc) is 3.28. The van der Waals surface area contributed by atoms with Crippen molar-refractivity contribution in [3.05, 3.63) is 30.1 Å². The quantitative estimate of drug-likeness (QED) is 0.842. The molecule has 0 aliphatic carbocycles. The molecule has 1 fully saturated rings. The van der Waals surface area contributed by atoms with Crippen molar-refractivity contribution < 1.29 is 14.3 Å². The molecule has 28 heavy (non-hydrogen) atoms. The van der Waals surface area contributed by atoms with E-state index in [4.69, 9.17) is 4.74 Å². The molecule has 1 aliphatic heterocycles. The number of carbonyl (C=O) groups is 2. The summed E-state index contributed by atoms with van der Waals surface area (Å²) in [5, 5.41) is 10.2. The molecule has 2 aromatic rings. The van der Waals surface area contributed by atoms with Gasteiger partial charge in [0.15, 0.2) is 5.82 Å². The number of rotatable bonds is 4. The Hall–Kier alpha value is -2.90. The van der Waals surface area contributed by atoms with Gasteiger partial charge in [-0.3, -0.25) is 14.9 Å². The molecule has 1 atom stereocenters. The zero-order chi connectivity index (χ0) is 20.3. The summed E-state index contributed by atoms with van der Waals surface area (Å²) in [5.74, 6) is 0.127. The zero-order valence-electron chi connectivity index (χ0n) is 16.8. The maximum absolute atomic E-state index is 12.7. The highest BCUT2D eigenvalue weighted by Crippen LogP contribution is 2.28. The van der Waals surface area contributed by atoms with Gasteiger partial charge in [0.05, 0.1) is 11.6 Å². The van der Waals surface area contributed by atoms with Crippen molar-refractivity contribution in [3.63, 3.8) is 0 Å². The Balaban J connectivity index is 1.66. The number of pyridine rings is 1. The molecular weight excluding hydrogens is 358 g/mol. The number of H-pyrrole nitrogens is 1. The Bertz CT molecular complexity index is 841. The maximum Gasteiger partial charge on any atom is 0.410 e. The zero-order valence-corrected chi connectivity index (χ0v) is 16.8. The monoisotopic (exact) mass is 385 g/mol. The number of nitrogens with zero attached hydrogens (tertiary/aromatic N) is 3. The molecule has 2 N–H and O–H groups in total. The SMILES string of the molecule is CCc1c(NC(=O)C2CCN(C(=O)OC(C)(C)C)C2)n[nH]c1-c1ccncc1. The van der Waals surface area contributed by atoms with E-state index < -0.39 is 5.60 Å². The van der Waals surface area contributed by atoms with Crippen LogP contribution in [-0.2, 0) is 16.0 Å². The van der Waals surface area contributed by atoms with Crippen molar-refractivity contribution in [2.45, 2.75) is 46.1 Å². The summed E-state index contributed by atoms with van der Waals surface area (Å²) >= 11 is 0. The minimum atomic E-state index is -0.550. The fourth-order valence-corrected chi connectivity index (χ4v) is 3.26. The molecule has 0 saturated carbocycles. The third-order valence-electron chi connectivity index (χ3n) is 4.64. The molecule has 2 aromatic heterocycles. The van der Waals surface area contributed by atoms with Gasteiger partial charge in [-0.05, 0) is 45.7 Å². The molecule has 0 bridgehead atoms. The fraction of sp³-hybridized carbons (Fsp3) is 0.500. The van der Waals surface area contributed by atoms with Crippen molar-refractivity contribution in [3.8, 4) is 11.3 Å². The van der Waals surface area contributed by atoms with Crippen LogP contribution in [-0.4, -0.2) is 50.8 Å². The number of nitrogens with one attached hydrogen (secondary N) is 2. The lowest BCUT2D eigenvalue weighted by Gasteiger charge is -2.24.